The fourth-order valence-electron chi connectivity index (χ4n) is 2.80. The maximum atomic E-state index is 9.69. The third-order valence-electron chi connectivity index (χ3n) is 3.52. The van der Waals surface area contributed by atoms with E-state index in [9.17, 15) is 5.11 Å². The van der Waals surface area contributed by atoms with E-state index in [-0.39, 0.29) is 6.10 Å². The van der Waals surface area contributed by atoms with Gasteiger partial charge in [-0.1, -0.05) is 20.3 Å². The molecule has 0 aliphatic heterocycles. The van der Waals surface area contributed by atoms with E-state index in [1.165, 1.54) is 6.42 Å². The van der Waals surface area contributed by atoms with Crippen LogP contribution in [0.3, 0.4) is 0 Å². The van der Waals surface area contributed by atoms with Crippen molar-refractivity contribution in [2.24, 2.45) is 11.8 Å². The molecule has 1 N–H and O–H groups in total. The molecule has 0 amide bonds. The van der Waals surface area contributed by atoms with E-state index in [0.29, 0.717) is 12.0 Å². The summed E-state index contributed by atoms with van der Waals surface area (Å²) in [6.07, 6.45) is 3.10. The molecule has 13 heavy (non-hydrogen) atoms. The normalized spacial score (nSPS) is 41.1. The second kappa shape index (κ2) is 4.43. The highest BCUT2D eigenvalue weighted by atomic mass is 16.3. The predicted octanol–water partition coefficient (Wildman–Crippen LogP) is 1.73. The number of aliphatic hydroxyl groups excluding tert-OH is 1. The predicted molar refractivity (Wildman–Crippen MR) is 55.7 cm³/mol. The van der Waals surface area contributed by atoms with Crippen molar-refractivity contribution in [2.75, 3.05) is 14.1 Å². The standard InChI is InChI=1S/C11H23NO/c1-5-10-8(2)6-9(13)7-11(10)12(3)4/h8-11,13H,5-7H2,1-4H3. The lowest BCUT2D eigenvalue weighted by molar-refractivity contribution is 0.0142. The Hall–Kier alpha value is -0.0800. The van der Waals surface area contributed by atoms with Crippen LogP contribution < -0.4 is 0 Å². The molecular formula is C11H23NO. The number of rotatable bonds is 2. The van der Waals surface area contributed by atoms with Gasteiger partial charge < -0.3 is 10.0 Å². The molecule has 0 saturated heterocycles. The summed E-state index contributed by atoms with van der Waals surface area (Å²) in [5.41, 5.74) is 0. The molecule has 1 aliphatic carbocycles. The van der Waals surface area contributed by atoms with Gasteiger partial charge in [-0.25, -0.2) is 0 Å². The Morgan fingerprint density at radius 3 is 2.38 bits per heavy atom. The molecule has 0 radical (unpaired) electrons. The molecule has 1 saturated carbocycles. The average Bonchev–Trinajstić information content (AvgIpc) is 2.02. The fourth-order valence-corrected chi connectivity index (χ4v) is 2.80. The molecule has 2 nitrogen and oxygen atoms in total. The Morgan fingerprint density at radius 1 is 1.31 bits per heavy atom. The first-order valence-electron chi connectivity index (χ1n) is 5.40. The Bertz CT molecular complexity index is 158. The van der Waals surface area contributed by atoms with Crippen molar-refractivity contribution in [3.63, 3.8) is 0 Å². The van der Waals surface area contributed by atoms with E-state index >= 15 is 0 Å². The topological polar surface area (TPSA) is 23.5 Å². The van der Waals surface area contributed by atoms with E-state index < -0.39 is 0 Å². The molecule has 78 valence electrons. The quantitative estimate of drug-likeness (QED) is 0.708. The molecule has 2 heteroatoms. The number of hydrogen-bond acceptors (Lipinski definition) is 2. The maximum Gasteiger partial charge on any atom is 0.0557 e. The third kappa shape index (κ3) is 2.44. The molecule has 4 atom stereocenters. The van der Waals surface area contributed by atoms with E-state index in [0.717, 1.165) is 18.8 Å². The first kappa shape index (κ1) is 11.0. The molecule has 0 spiro atoms. The van der Waals surface area contributed by atoms with E-state index in [1.54, 1.807) is 0 Å². The minimum atomic E-state index is -0.0785. The lowest BCUT2D eigenvalue weighted by Gasteiger charge is -2.42. The molecule has 4 unspecified atom stereocenters. The van der Waals surface area contributed by atoms with Crippen LogP contribution in [0, 0.1) is 11.8 Å². The Balaban J connectivity index is 2.66. The number of nitrogens with zero attached hydrogens (tertiary/aromatic N) is 1. The highest BCUT2D eigenvalue weighted by molar-refractivity contribution is 4.87. The molecule has 0 heterocycles. The molecule has 1 aliphatic rings. The summed E-state index contributed by atoms with van der Waals surface area (Å²) >= 11 is 0. The molecule has 0 aromatic carbocycles. The van der Waals surface area contributed by atoms with Crippen LogP contribution in [0.25, 0.3) is 0 Å². The summed E-state index contributed by atoms with van der Waals surface area (Å²) in [4.78, 5) is 2.27. The van der Waals surface area contributed by atoms with Crippen molar-refractivity contribution in [2.45, 2.75) is 45.3 Å². The lowest BCUT2D eigenvalue weighted by Crippen LogP contribution is -2.45. The molecule has 1 fully saturated rings. The van der Waals surface area contributed by atoms with E-state index in [1.807, 2.05) is 0 Å². The van der Waals surface area contributed by atoms with Crippen LogP contribution in [0.15, 0.2) is 0 Å². The third-order valence-corrected chi connectivity index (χ3v) is 3.52. The van der Waals surface area contributed by atoms with Crippen LogP contribution in [0.4, 0.5) is 0 Å². The molecule has 0 aromatic rings. The summed E-state index contributed by atoms with van der Waals surface area (Å²) in [6, 6.07) is 0.573. The fraction of sp³-hybridized carbons (Fsp3) is 1.00. The lowest BCUT2D eigenvalue weighted by atomic mass is 9.74. The first-order valence-corrected chi connectivity index (χ1v) is 5.40. The van der Waals surface area contributed by atoms with Gasteiger partial charge in [-0.05, 0) is 38.8 Å². The second-order valence-electron chi connectivity index (χ2n) is 4.71. The van der Waals surface area contributed by atoms with Crippen LogP contribution in [-0.2, 0) is 0 Å². The van der Waals surface area contributed by atoms with E-state index in [4.69, 9.17) is 0 Å². The Kier molecular flexibility index (Phi) is 3.74. The zero-order valence-electron chi connectivity index (χ0n) is 9.33. The summed E-state index contributed by atoms with van der Waals surface area (Å²) in [5, 5.41) is 9.69. The molecule has 1 rings (SSSR count). The van der Waals surface area contributed by atoms with Crippen molar-refractivity contribution < 1.29 is 5.11 Å². The van der Waals surface area contributed by atoms with Gasteiger partial charge in [0.25, 0.3) is 0 Å². The minimum Gasteiger partial charge on any atom is -0.393 e. The van der Waals surface area contributed by atoms with Gasteiger partial charge in [0.15, 0.2) is 0 Å². The average molecular weight is 185 g/mol. The van der Waals surface area contributed by atoms with Crippen LogP contribution in [-0.4, -0.2) is 36.2 Å². The smallest absolute Gasteiger partial charge is 0.0557 e. The molecular weight excluding hydrogens is 162 g/mol. The maximum absolute atomic E-state index is 9.69. The Labute approximate surface area is 81.9 Å². The van der Waals surface area contributed by atoms with Gasteiger partial charge in [0.2, 0.25) is 0 Å². The van der Waals surface area contributed by atoms with Crippen LogP contribution in [0.5, 0.6) is 0 Å². The summed E-state index contributed by atoms with van der Waals surface area (Å²) in [7, 11) is 4.25. The number of aliphatic hydroxyl groups is 1. The van der Waals surface area contributed by atoms with Crippen molar-refractivity contribution >= 4 is 0 Å². The zero-order valence-corrected chi connectivity index (χ0v) is 9.33. The molecule has 0 aromatic heterocycles. The van der Waals surface area contributed by atoms with E-state index in [2.05, 4.69) is 32.8 Å². The first-order chi connectivity index (χ1) is 6.06. The highest BCUT2D eigenvalue weighted by Crippen LogP contribution is 2.34. The second-order valence-corrected chi connectivity index (χ2v) is 4.71. The summed E-state index contributed by atoms with van der Waals surface area (Å²) < 4.78 is 0. The van der Waals surface area contributed by atoms with Gasteiger partial charge in [0.05, 0.1) is 6.10 Å². The largest absolute Gasteiger partial charge is 0.393 e. The Morgan fingerprint density at radius 2 is 1.92 bits per heavy atom. The number of hydrogen-bond donors (Lipinski definition) is 1. The highest BCUT2D eigenvalue weighted by Gasteiger charge is 2.34. The summed E-state index contributed by atoms with van der Waals surface area (Å²) in [5.74, 6) is 1.43. The van der Waals surface area contributed by atoms with Gasteiger partial charge >= 0.3 is 0 Å². The zero-order chi connectivity index (χ0) is 10.0. The van der Waals surface area contributed by atoms with Gasteiger partial charge in [-0.15, -0.1) is 0 Å². The molecule has 0 bridgehead atoms. The summed E-state index contributed by atoms with van der Waals surface area (Å²) in [6.45, 7) is 4.53. The minimum absolute atomic E-state index is 0.0785. The van der Waals surface area contributed by atoms with Gasteiger partial charge in [0, 0.05) is 6.04 Å². The monoisotopic (exact) mass is 185 g/mol. The SMILES string of the molecule is CCC1C(C)CC(O)CC1N(C)C. The van der Waals surface area contributed by atoms with Crippen molar-refractivity contribution in [1.29, 1.82) is 0 Å². The van der Waals surface area contributed by atoms with Crippen molar-refractivity contribution in [3.8, 4) is 0 Å². The van der Waals surface area contributed by atoms with Crippen LogP contribution >= 0.6 is 0 Å². The van der Waals surface area contributed by atoms with Gasteiger partial charge in [-0.3, -0.25) is 0 Å². The van der Waals surface area contributed by atoms with Gasteiger partial charge in [0.1, 0.15) is 0 Å². The van der Waals surface area contributed by atoms with Crippen LogP contribution in [0.2, 0.25) is 0 Å². The van der Waals surface area contributed by atoms with Crippen molar-refractivity contribution in [1.82, 2.24) is 4.90 Å². The van der Waals surface area contributed by atoms with Crippen molar-refractivity contribution in [3.05, 3.63) is 0 Å². The van der Waals surface area contributed by atoms with Crippen LogP contribution in [0.1, 0.15) is 33.1 Å². The van der Waals surface area contributed by atoms with Gasteiger partial charge in [-0.2, -0.15) is 0 Å².